The lowest BCUT2D eigenvalue weighted by Crippen LogP contribution is -2.41. The molecule has 1 aliphatic heterocycles. The van der Waals surface area contributed by atoms with Crippen molar-refractivity contribution < 1.29 is 14.3 Å². The van der Waals surface area contributed by atoms with Gasteiger partial charge in [0.2, 0.25) is 11.8 Å². The van der Waals surface area contributed by atoms with Crippen molar-refractivity contribution in [2.24, 2.45) is 0 Å². The smallest absolute Gasteiger partial charge is 0.232 e. The molecule has 1 N–H and O–H groups in total. The highest BCUT2D eigenvalue weighted by Crippen LogP contribution is 2.18. The zero-order chi connectivity index (χ0) is 13.4. The molecular formula is C12H21IN2O3. The van der Waals surface area contributed by atoms with Crippen LogP contribution in [0.3, 0.4) is 0 Å². The maximum absolute atomic E-state index is 11.8. The van der Waals surface area contributed by atoms with Crippen LogP contribution in [0, 0.1) is 0 Å². The molecule has 18 heavy (non-hydrogen) atoms. The first-order valence-electron chi connectivity index (χ1n) is 6.31. The maximum Gasteiger partial charge on any atom is 0.232 e. The number of alkyl halides is 1. The molecule has 0 radical (unpaired) electrons. The number of hydrogen-bond acceptors (Lipinski definition) is 3. The van der Waals surface area contributed by atoms with Crippen molar-refractivity contribution in [1.82, 2.24) is 10.2 Å². The van der Waals surface area contributed by atoms with Gasteiger partial charge in [0, 0.05) is 37.3 Å². The molecule has 0 aliphatic carbocycles. The normalized spacial score (nSPS) is 16.7. The number of nitrogens with one attached hydrogen (secondary N) is 1. The van der Waals surface area contributed by atoms with E-state index in [1.807, 2.05) is 0 Å². The van der Waals surface area contributed by atoms with Gasteiger partial charge in [-0.25, -0.2) is 0 Å². The lowest BCUT2D eigenvalue weighted by Gasteiger charge is -2.29. The van der Waals surface area contributed by atoms with Crippen LogP contribution >= 0.6 is 22.6 Å². The minimum absolute atomic E-state index is 0.0289. The van der Waals surface area contributed by atoms with Crippen LogP contribution in [-0.2, 0) is 14.3 Å². The van der Waals surface area contributed by atoms with E-state index in [9.17, 15) is 9.59 Å². The number of methoxy groups -OCH3 is 1. The van der Waals surface area contributed by atoms with Crippen LogP contribution in [-0.4, -0.2) is 54.0 Å². The predicted molar refractivity (Wildman–Crippen MR) is 77.7 cm³/mol. The number of halogens is 1. The molecule has 104 valence electrons. The summed E-state index contributed by atoms with van der Waals surface area (Å²) in [4.78, 5) is 25.2. The first-order valence-corrected chi connectivity index (χ1v) is 7.55. The number of rotatable bonds is 6. The van der Waals surface area contributed by atoms with Gasteiger partial charge in [-0.2, -0.15) is 0 Å². The van der Waals surface area contributed by atoms with Crippen molar-refractivity contribution in [2.45, 2.75) is 29.6 Å². The molecule has 1 aliphatic rings. The van der Waals surface area contributed by atoms with Crippen molar-refractivity contribution in [3.8, 4) is 0 Å². The van der Waals surface area contributed by atoms with E-state index in [0.29, 0.717) is 17.1 Å². The van der Waals surface area contributed by atoms with Crippen molar-refractivity contribution in [1.29, 1.82) is 0 Å². The second kappa shape index (κ2) is 8.68. The molecule has 1 rings (SSSR count). The summed E-state index contributed by atoms with van der Waals surface area (Å²) in [6.45, 7) is 2.75. The summed E-state index contributed by atoms with van der Waals surface area (Å²) in [6.07, 6.45) is 2.80. The molecule has 0 aromatic heterocycles. The van der Waals surface area contributed by atoms with Crippen LogP contribution in [0.1, 0.15) is 25.7 Å². The largest absolute Gasteiger partial charge is 0.385 e. The summed E-state index contributed by atoms with van der Waals surface area (Å²) < 4.78 is 5.54. The first kappa shape index (κ1) is 15.7. The summed E-state index contributed by atoms with van der Waals surface area (Å²) in [5.74, 6) is -0.241. The zero-order valence-electron chi connectivity index (χ0n) is 10.8. The number of likely N-dealkylation sites (tertiary alicyclic amines) is 1. The average Bonchev–Trinajstić information content (AvgIpc) is 2.35. The highest BCUT2D eigenvalue weighted by Gasteiger charge is 2.22. The summed E-state index contributed by atoms with van der Waals surface area (Å²) in [6, 6.07) is 0. The SMILES string of the molecule is COCCCNC(=O)CC(=O)N1CCC(I)CC1. The molecule has 1 fully saturated rings. The fourth-order valence-electron chi connectivity index (χ4n) is 1.85. The highest BCUT2D eigenvalue weighted by atomic mass is 127. The van der Waals surface area contributed by atoms with Gasteiger partial charge in [-0.05, 0) is 19.3 Å². The standard InChI is InChI=1S/C12H21IN2O3/c1-18-8-2-5-14-11(16)9-12(17)15-6-3-10(13)4-7-15/h10H,2-9H2,1H3,(H,14,16). The second-order valence-electron chi connectivity index (χ2n) is 4.43. The molecule has 0 spiro atoms. The minimum Gasteiger partial charge on any atom is -0.385 e. The molecule has 1 saturated heterocycles. The molecule has 5 nitrogen and oxygen atoms in total. The molecule has 0 bridgehead atoms. The Morgan fingerprint density at radius 1 is 1.39 bits per heavy atom. The van der Waals surface area contributed by atoms with E-state index < -0.39 is 0 Å². The monoisotopic (exact) mass is 368 g/mol. The van der Waals surface area contributed by atoms with E-state index in [1.165, 1.54) is 0 Å². The van der Waals surface area contributed by atoms with Crippen molar-refractivity contribution in [3.63, 3.8) is 0 Å². The fourth-order valence-corrected chi connectivity index (χ4v) is 2.41. The Labute approximate surface area is 122 Å². The number of piperidine rings is 1. The van der Waals surface area contributed by atoms with Gasteiger partial charge in [0.25, 0.3) is 0 Å². The fraction of sp³-hybridized carbons (Fsp3) is 0.833. The quantitative estimate of drug-likeness (QED) is 0.329. The Morgan fingerprint density at radius 3 is 2.67 bits per heavy atom. The summed E-state index contributed by atoms with van der Waals surface area (Å²) in [5, 5.41) is 2.73. The molecule has 0 aromatic rings. The van der Waals surface area contributed by atoms with Crippen molar-refractivity contribution >= 4 is 34.4 Å². The summed E-state index contributed by atoms with van der Waals surface area (Å²) in [5.41, 5.74) is 0. The van der Waals surface area contributed by atoms with Crippen molar-refractivity contribution in [3.05, 3.63) is 0 Å². The van der Waals surface area contributed by atoms with Crippen LogP contribution in [0.5, 0.6) is 0 Å². The Hall–Kier alpha value is -0.370. The Morgan fingerprint density at radius 2 is 2.06 bits per heavy atom. The van der Waals surface area contributed by atoms with E-state index in [-0.39, 0.29) is 18.2 Å². The van der Waals surface area contributed by atoms with E-state index in [2.05, 4.69) is 27.9 Å². The first-order chi connectivity index (χ1) is 8.63. The van der Waals surface area contributed by atoms with Gasteiger partial charge < -0.3 is 15.0 Å². The number of nitrogens with zero attached hydrogens (tertiary/aromatic N) is 1. The van der Waals surface area contributed by atoms with Crippen molar-refractivity contribution in [2.75, 3.05) is 33.4 Å². The number of carbonyl (C=O) groups excluding carboxylic acids is 2. The van der Waals surface area contributed by atoms with Crippen LogP contribution < -0.4 is 5.32 Å². The number of ether oxygens (including phenoxy) is 1. The van der Waals surface area contributed by atoms with Gasteiger partial charge in [-0.3, -0.25) is 9.59 Å². The Bertz CT molecular complexity index is 278. The molecule has 0 unspecified atom stereocenters. The second-order valence-corrected chi connectivity index (χ2v) is 6.19. The lowest BCUT2D eigenvalue weighted by molar-refractivity contribution is -0.136. The number of carbonyl (C=O) groups is 2. The average molecular weight is 368 g/mol. The maximum atomic E-state index is 11.8. The lowest BCUT2D eigenvalue weighted by atomic mass is 10.1. The van der Waals surface area contributed by atoms with Gasteiger partial charge in [0.1, 0.15) is 6.42 Å². The summed E-state index contributed by atoms with van der Waals surface area (Å²) in [7, 11) is 1.63. The molecule has 2 amide bonds. The van der Waals surface area contributed by atoms with E-state index in [0.717, 1.165) is 32.4 Å². The topological polar surface area (TPSA) is 58.6 Å². The highest BCUT2D eigenvalue weighted by molar-refractivity contribution is 14.1. The molecule has 0 aromatic carbocycles. The minimum atomic E-state index is -0.187. The van der Waals surface area contributed by atoms with E-state index in [1.54, 1.807) is 12.0 Å². The third-order valence-corrected chi connectivity index (χ3v) is 4.18. The van der Waals surface area contributed by atoms with E-state index in [4.69, 9.17) is 4.74 Å². The van der Waals surface area contributed by atoms with Gasteiger partial charge in [0.05, 0.1) is 0 Å². The number of amides is 2. The molecule has 0 atom stereocenters. The zero-order valence-corrected chi connectivity index (χ0v) is 12.9. The molecule has 1 heterocycles. The van der Waals surface area contributed by atoms with Crippen LogP contribution in [0.25, 0.3) is 0 Å². The molecule has 6 heteroatoms. The van der Waals surface area contributed by atoms with Gasteiger partial charge in [0.15, 0.2) is 0 Å². The van der Waals surface area contributed by atoms with Crippen LogP contribution in [0.4, 0.5) is 0 Å². The van der Waals surface area contributed by atoms with Gasteiger partial charge >= 0.3 is 0 Å². The summed E-state index contributed by atoms with van der Waals surface area (Å²) >= 11 is 2.41. The van der Waals surface area contributed by atoms with Gasteiger partial charge in [-0.1, -0.05) is 22.6 Å². The Balaban J connectivity index is 2.17. The molecule has 0 saturated carbocycles. The van der Waals surface area contributed by atoms with E-state index >= 15 is 0 Å². The predicted octanol–water partition coefficient (Wildman–Crippen LogP) is 0.955. The Kier molecular flexibility index (Phi) is 7.57. The van der Waals surface area contributed by atoms with Gasteiger partial charge in [-0.15, -0.1) is 0 Å². The number of hydrogen-bond donors (Lipinski definition) is 1. The van der Waals surface area contributed by atoms with Crippen LogP contribution in [0.2, 0.25) is 0 Å². The van der Waals surface area contributed by atoms with Crippen LogP contribution in [0.15, 0.2) is 0 Å². The third kappa shape index (κ3) is 5.99. The molecular weight excluding hydrogens is 347 g/mol. The third-order valence-electron chi connectivity index (χ3n) is 2.94.